The highest BCUT2D eigenvalue weighted by Gasteiger charge is 2.36. The van der Waals surface area contributed by atoms with Crippen molar-refractivity contribution in [2.45, 2.75) is 18.8 Å². The van der Waals surface area contributed by atoms with E-state index in [9.17, 15) is 26.3 Å². The van der Waals surface area contributed by atoms with Crippen LogP contribution in [-0.4, -0.2) is 5.11 Å². The fourth-order valence-electron chi connectivity index (χ4n) is 1.24. The lowest BCUT2D eigenvalue weighted by Crippen LogP contribution is -2.11. The summed E-state index contributed by atoms with van der Waals surface area (Å²) in [5.74, 6) is 0. The predicted octanol–water partition coefficient (Wildman–Crippen LogP) is 3.80. The molecular formula is C10H7F6O. The molecule has 1 aromatic carbocycles. The monoisotopic (exact) mass is 257 g/mol. The Morgan fingerprint density at radius 2 is 1.29 bits per heavy atom. The minimum Gasteiger partial charge on any atom is -0.390 e. The average molecular weight is 257 g/mol. The molecule has 1 rings (SSSR count). The first kappa shape index (κ1) is 13.8. The third-order valence-electron chi connectivity index (χ3n) is 1.97. The largest absolute Gasteiger partial charge is 0.416 e. The molecule has 1 aromatic rings. The van der Waals surface area contributed by atoms with Gasteiger partial charge < -0.3 is 5.11 Å². The highest BCUT2D eigenvalue weighted by Crippen LogP contribution is 2.36. The van der Waals surface area contributed by atoms with Crippen LogP contribution in [0.25, 0.3) is 0 Å². The molecule has 95 valence electrons. The number of alkyl halides is 6. The summed E-state index contributed by atoms with van der Waals surface area (Å²) in [4.78, 5) is 0. The smallest absolute Gasteiger partial charge is 0.390 e. The Morgan fingerprint density at radius 3 is 1.59 bits per heavy atom. The average Bonchev–Trinajstić information content (AvgIpc) is 2.15. The summed E-state index contributed by atoms with van der Waals surface area (Å²) in [5, 5.41) is 8.42. The maximum absolute atomic E-state index is 12.3. The van der Waals surface area contributed by atoms with Gasteiger partial charge in [-0.3, -0.25) is 0 Å². The van der Waals surface area contributed by atoms with Gasteiger partial charge in [-0.2, -0.15) is 26.3 Å². The molecule has 0 unspecified atom stereocenters. The van der Waals surface area contributed by atoms with Crippen LogP contribution in [0.5, 0.6) is 0 Å². The summed E-state index contributed by atoms with van der Waals surface area (Å²) >= 11 is 0. The van der Waals surface area contributed by atoms with E-state index >= 15 is 0 Å². The lowest BCUT2D eigenvalue weighted by molar-refractivity contribution is -0.143. The quantitative estimate of drug-likeness (QED) is 0.799. The van der Waals surface area contributed by atoms with Crippen molar-refractivity contribution in [2.24, 2.45) is 0 Å². The van der Waals surface area contributed by atoms with Gasteiger partial charge in [0.1, 0.15) is 0 Å². The Labute approximate surface area is 92.7 Å². The van der Waals surface area contributed by atoms with Crippen molar-refractivity contribution < 1.29 is 31.4 Å². The number of hydrogen-bond acceptors (Lipinski definition) is 1. The normalized spacial score (nSPS) is 12.9. The Morgan fingerprint density at radius 1 is 0.882 bits per heavy atom. The first-order valence-electron chi connectivity index (χ1n) is 4.39. The molecule has 0 aliphatic rings. The van der Waals surface area contributed by atoms with Gasteiger partial charge in [0.2, 0.25) is 0 Å². The van der Waals surface area contributed by atoms with E-state index in [4.69, 9.17) is 5.11 Å². The minimum atomic E-state index is -4.86. The van der Waals surface area contributed by atoms with Crippen LogP contribution in [0.1, 0.15) is 16.7 Å². The van der Waals surface area contributed by atoms with Gasteiger partial charge in [0.15, 0.2) is 0 Å². The molecule has 0 fully saturated rings. The number of benzene rings is 1. The molecule has 0 saturated heterocycles. The van der Waals surface area contributed by atoms with Crippen molar-refractivity contribution in [1.82, 2.24) is 0 Å². The van der Waals surface area contributed by atoms with Crippen LogP contribution in [0.3, 0.4) is 0 Å². The first-order chi connectivity index (χ1) is 7.64. The third kappa shape index (κ3) is 3.62. The molecule has 7 heteroatoms. The Kier molecular flexibility index (Phi) is 3.71. The van der Waals surface area contributed by atoms with E-state index in [0.717, 1.165) is 0 Å². The van der Waals surface area contributed by atoms with Crippen LogP contribution in [0.4, 0.5) is 26.3 Å². The van der Waals surface area contributed by atoms with Gasteiger partial charge in [0, 0.05) is 6.42 Å². The second-order valence-corrected chi connectivity index (χ2v) is 3.30. The van der Waals surface area contributed by atoms with Crippen LogP contribution in [0, 0.1) is 6.61 Å². The van der Waals surface area contributed by atoms with Crippen molar-refractivity contribution in [3.8, 4) is 0 Å². The molecule has 0 aliphatic carbocycles. The summed E-state index contributed by atoms with van der Waals surface area (Å²) in [5.41, 5.74) is -3.02. The molecule has 0 amide bonds. The zero-order chi connectivity index (χ0) is 13.3. The van der Waals surface area contributed by atoms with E-state index < -0.39 is 23.5 Å². The first-order valence-corrected chi connectivity index (χ1v) is 4.39. The topological polar surface area (TPSA) is 20.2 Å². The van der Waals surface area contributed by atoms with E-state index in [1.165, 1.54) is 0 Å². The van der Waals surface area contributed by atoms with Crippen molar-refractivity contribution in [3.05, 3.63) is 41.5 Å². The molecule has 0 spiro atoms. The summed E-state index contributed by atoms with van der Waals surface area (Å²) in [7, 11) is 0. The minimum absolute atomic E-state index is 0.0425. The summed E-state index contributed by atoms with van der Waals surface area (Å²) in [6.45, 7) is 0.496. The van der Waals surface area contributed by atoms with E-state index in [-0.39, 0.29) is 18.1 Å². The van der Waals surface area contributed by atoms with Gasteiger partial charge in [0.05, 0.1) is 17.7 Å². The second kappa shape index (κ2) is 4.56. The fraction of sp³-hybridized carbons (Fsp3) is 0.300. The van der Waals surface area contributed by atoms with Crippen molar-refractivity contribution in [2.75, 3.05) is 0 Å². The van der Waals surface area contributed by atoms with Crippen molar-refractivity contribution in [1.29, 1.82) is 0 Å². The zero-order valence-electron chi connectivity index (χ0n) is 8.23. The van der Waals surface area contributed by atoms with Gasteiger partial charge in [-0.05, 0) is 23.8 Å². The van der Waals surface area contributed by atoms with Crippen LogP contribution in [0.2, 0.25) is 0 Å². The second-order valence-electron chi connectivity index (χ2n) is 3.30. The van der Waals surface area contributed by atoms with Crippen molar-refractivity contribution in [3.63, 3.8) is 0 Å². The van der Waals surface area contributed by atoms with Gasteiger partial charge in [-0.1, -0.05) is 0 Å². The highest BCUT2D eigenvalue weighted by atomic mass is 19.4. The molecule has 1 nitrogen and oxygen atoms in total. The van der Waals surface area contributed by atoms with Gasteiger partial charge in [0.25, 0.3) is 0 Å². The maximum Gasteiger partial charge on any atom is 0.416 e. The molecule has 1 radical (unpaired) electrons. The lowest BCUT2D eigenvalue weighted by Gasteiger charge is -2.13. The molecule has 0 aromatic heterocycles. The molecule has 0 aliphatic heterocycles. The number of aliphatic hydroxyl groups excluding tert-OH is 1. The van der Waals surface area contributed by atoms with E-state index in [1.54, 1.807) is 0 Å². The number of aliphatic hydroxyl groups is 1. The van der Waals surface area contributed by atoms with Gasteiger partial charge in [-0.15, -0.1) is 0 Å². The molecule has 0 heterocycles. The van der Waals surface area contributed by atoms with Crippen LogP contribution < -0.4 is 0 Å². The summed E-state index contributed by atoms with van der Waals surface area (Å²) in [6.07, 6.45) is -10.1. The highest BCUT2D eigenvalue weighted by molar-refractivity contribution is 5.34. The van der Waals surface area contributed by atoms with Crippen LogP contribution in [-0.2, 0) is 18.8 Å². The van der Waals surface area contributed by atoms with Gasteiger partial charge >= 0.3 is 12.4 Å². The predicted molar refractivity (Wildman–Crippen MR) is 46.4 cm³/mol. The third-order valence-corrected chi connectivity index (χ3v) is 1.97. The number of halogens is 6. The van der Waals surface area contributed by atoms with E-state index in [1.807, 2.05) is 0 Å². The van der Waals surface area contributed by atoms with E-state index in [2.05, 4.69) is 0 Å². The Bertz CT molecular complexity index is 361. The van der Waals surface area contributed by atoms with E-state index in [0.29, 0.717) is 18.7 Å². The molecule has 0 atom stereocenters. The number of rotatable bonds is 2. The zero-order valence-corrected chi connectivity index (χ0v) is 8.23. The van der Waals surface area contributed by atoms with Crippen LogP contribution in [0.15, 0.2) is 18.2 Å². The maximum atomic E-state index is 12.3. The summed E-state index contributed by atoms with van der Waals surface area (Å²) in [6, 6.07) is 1.19. The number of hydrogen-bond donors (Lipinski definition) is 1. The lowest BCUT2D eigenvalue weighted by atomic mass is 10.0. The SMILES string of the molecule is O[CH]Cc1cc(C(F)(F)F)cc(C(F)(F)F)c1. The molecule has 1 N–H and O–H groups in total. The van der Waals surface area contributed by atoms with Crippen molar-refractivity contribution >= 4 is 0 Å². The standard InChI is InChI=1S/C10H7F6O/c11-9(12,13)7-3-6(1-2-17)4-8(5-7)10(14,15)16/h2-5,17H,1H2. The Hall–Kier alpha value is -1.24. The molecule has 0 saturated carbocycles. The summed E-state index contributed by atoms with van der Waals surface area (Å²) < 4.78 is 74.0. The molecule has 17 heavy (non-hydrogen) atoms. The molecule has 0 bridgehead atoms. The Balaban J connectivity index is 3.29. The fourth-order valence-corrected chi connectivity index (χ4v) is 1.24. The van der Waals surface area contributed by atoms with Crippen LogP contribution >= 0.6 is 0 Å². The molecular weight excluding hydrogens is 250 g/mol. The van der Waals surface area contributed by atoms with Gasteiger partial charge in [-0.25, -0.2) is 0 Å².